The van der Waals surface area contributed by atoms with Crippen LogP contribution in [0.1, 0.15) is 33.1 Å². The summed E-state index contributed by atoms with van der Waals surface area (Å²) in [7, 11) is 0. The molecule has 3 atom stereocenters. The lowest BCUT2D eigenvalue weighted by molar-refractivity contribution is -0.149. The first-order valence-electron chi connectivity index (χ1n) is 5.77. The minimum absolute atomic E-state index is 0.0857. The van der Waals surface area contributed by atoms with Crippen molar-refractivity contribution in [3.8, 4) is 0 Å². The summed E-state index contributed by atoms with van der Waals surface area (Å²) < 4.78 is 0. The highest BCUT2D eigenvalue weighted by atomic mass is 16.4. The first-order valence-corrected chi connectivity index (χ1v) is 5.77. The number of hydrogen-bond acceptors (Lipinski definition) is 3. The lowest BCUT2D eigenvalue weighted by Crippen LogP contribution is -2.50. The Labute approximate surface area is 95.6 Å². The Kier molecular flexibility index (Phi) is 4.29. The van der Waals surface area contributed by atoms with Crippen molar-refractivity contribution in [2.45, 2.75) is 45.2 Å². The number of carbonyl (C=O) groups excluding carboxylic acids is 1. The van der Waals surface area contributed by atoms with E-state index in [1.165, 1.54) is 4.90 Å². The zero-order valence-electron chi connectivity index (χ0n) is 9.85. The summed E-state index contributed by atoms with van der Waals surface area (Å²) in [4.78, 5) is 24.4. The third kappa shape index (κ3) is 2.52. The van der Waals surface area contributed by atoms with Crippen molar-refractivity contribution in [1.82, 2.24) is 4.90 Å². The molecule has 0 aliphatic carbocycles. The van der Waals surface area contributed by atoms with Crippen LogP contribution in [0, 0.1) is 5.92 Å². The molecule has 0 saturated carbocycles. The van der Waals surface area contributed by atoms with Gasteiger partial charge < -0.3 is 15.7 Å². The average molecular weight is 228 g/mol. The molecule has 1 saturated heterocycles. The van der Waals surface area contributed by atoms with Crippen LogP contribution in [0.5, 0.6) is 0 Å². The fourth-order valence-electron chi connectivity index (χ4n) is 1.98. The van der Waals surface area contributed by atoms with Crippen LogP contribution < -0.4 is 5.73 Å². The maximum atomic E-state index is 12.0. The number of hydrogen-bond donors (Lipinski definition) is 2. The van der Waals surface area contributed by atoms with Crippen LogP contribution in [0.2, 0.25) is 0 Å². The molecule has 92 valence electrons. The predicted molar refractivity (Wildman–Crippen MR) is 59.8 cm³/mol. The Morgan fingerprint density at radius 2 is 2.19 bits per heavy atom. The van der Waals surface area contributed by atoms with Gasteiger partial charge in [-0.15, -0.1) is 0 Å². The van der Waals surface area contributed by atoms with Gasteiger partial charge in [0.05, 0.1) is 6.04 Å². The summed E-state index contributed by atoms with van der Waals surface area (Å²) in [5, 5.41) is 8.98. The number of rotatable bonds is 4. The van der Waals surface area contributed by atoms with Gasteiger partial charge in [0.1, 0.15) is 6.04 Å². The first-order chi connectivity index (χ1) is 7.49. The van der Waals surface area contributed by atoms with Crippen molar-refractivity contribution in [2.24, 2.45) is 11.7 Å². The van der Waals surface area contributed by atoms with Gasteiger partial charge in [-0.1, -0.05) is 20.3 Å². The molecule has 5 nitrogen and oxygen atoms in total. The molecule has 1 amide bonds. The molecule has 16 heavy (non-hydrogen) atoms. The van der Waals surface area contributed by atoms with Crippen LogP contribution in [0.3, 0.4) is 0 Å². The number of nitrogens with zero attached hydrogens (tertiary/aromatic N) is 1. The highest BCUT2D eigenvalue weighted by Crippen LogP contribution is 2.20. The molecule has 5 heteroatoms. The SMILES string of the molecule is CC[C@@H](C)[C@@H](N)C(=O)N1CCC[C@@H]1C(=O)O. The molecule has 1 fully saturated rings. The monoisotopic (exact) mass is 228 g/mol. The van der Waals surface area contributed by atoms with Gasteiger partial charge in [-0.05, 0) is 18.8 Å². The van der Waals surface area contributed by atoms with Crippen LogP contribution in [0.15, 0.2) is 0 Å². The van der Waals surface area contributed by atoms with Crippen molar-refractivity contribution in [2.75, 3.05) is 6.54 Å². The molecule has 1 aliphatic heterocycles. The summed E-state index contributed by atoms with van der Waals surface area (Å²) in [6.07, 6.45) is 2.10. The fourth-order valence-corrected chi connectivity index (χ4v) is 1.98. The lowest BCUT2D eigenvalue weighted by atomic mass is 9.98. The number of aliphatic carboxylic acids is 1. The van der Waals surface area contributed by atoms with Crippen molar-refractivity contribution in [1.29, 1.82) is 0 Å². The minimum atomic E-state index is -0.929. The number of carboxylic acid groups (broad SMARTS) is 1. The topological polar surface area (TPSA) is 83.6 Å². The van der Waals surface area contributed by atoms with E-state index in [0.29, 0.717) is 13.0 Å². The Morgan fingerprint density at radius 1 is 1.56 bits per heavy atom. The van der Waals surface area contributed by atoms with Crippen molar-refractivity contribution in [3.05, 3.63) is 0 Å². The second-order valence-electron chi connectivity index (χ2n) is 4.44. The number of carbonyl (C=O) groups is 2. The van der Waals surface area contributed by atoms with E-state index in [4.69, 9.17) is 10.8 Å². The third-order valence-electron chi connectivity index (χ3n) is 3.36. The van der Waals surface area contributed by atoms with E-state index in [0.717, 1.165) is 12.8 Å². The smallest absolute Gasteiger partial charge is 0.326 e. The molecular formula is C11H20N2O3. The summed E-state index contributed by atoms with van der Waals surface area (Å²) in [6.45, 7) is 4.39. The molecule has 1 rings (SSSR count). The van der Waals surface area contributed by atoms with Gasteiger partial charge in [0, 0.05) is 6.54 Å². The largest absolute Gasteiger partial charge is 0.480 e. The Hall–Kier alpha value is -1.10. The van der Waals surface area contributed by atoms with Gasteiger partial charge in [-0.2, -0.15) is 0 Å². The zero-order chi connectivity index (χ0) is 12.3. The second-order valence-corrected chi connectivity index (χ2v) is 4.44. The van der Waals surface area contributed by atoms with Crippen LogP contribution in [0.25, 0.3) is 0 Å². The second kappa shape index (κ2) is 5.30. The van der Waals surface area contributed by atoms with Gasteiger partial charge >= 0.3 is 5.97 Å². The van der Waals surface area contributed by atoms with E-state index in [2.05, 4.69) is 0 Å². The van der Waals surface area contributed by atoms with Gasteiger partial charge in [0.25, 0.3) is 0 Å². The quantitative estimate of drug-likeness (QED) is 0.731. The molecule has 0 aromatic heterocycles. The third-order valence-corrected chi connectivity index (χ3v) is 3.36. The van der Waals surface area contributed by atoms with E-state index >= 15 is 0 Å². The number of amides is 1. The molecule has 0 unspecified atom stereocenters. The average Bonchev–Trinajstić information content (AvgIpc) is 2.74. The van der Waals surface area contributed by atoms with E-state index in [1.807, 2.05) is 13.8 Å². The molecule has 0 radical (unpaired) electrons. The summed E-state index contributed by atoms with van der Waals surface area (Å²) in [5.74, 6) is -1.07. The molecule has 1 heterocycles. The van der Waals surface area contributed by atoms with Crippen molar-refractivity contribution in [3.63, 3.8) is 0 Å². The highest BCUT2D eigenvalue weighted by Gasteiger charge is 2.36. The predicted octanol–water partition coefficient (Wildman–Crippen LogP) is 0.435. The highest BCUT2D eigenvalue weighted by molar-refractivity contribution is 5.87. The Balaban J connectivity index is 2.69. The van der Waals surface area contributed by atoms with Crippen LogP contribution in [-0.2, 0) is 9.59 Å². The van der Waals surface area contributed by atoms with Gasteiger partial charge in [0.2, 0.25) is 5.91 Å². The number of likely N-dealkylation sites (tertiary alicyclic amines) is 1. The van der Waals surface area contributed by atoms with E-state index in [-0.39, 0.29) is 11.8 Å². The maximum absolute atomic E-state index is 12.0. The number of nitrogens with two attached hydrogens (primary N) is 1. The Bertz CT molecular complexity index is 280. The normalized spacial score (nSPS) is 24.2. The zero-order valence-corrected chi connectivity index (χ0v) is 9.85. The molecular weight excluding hydrogens is 208 g/mol. The van der Waals surface area contributed by atoms with Crippen LogP contribution in [0.4, 0.5) is 0 Å². The summed E-state index contributed by atoms with van der Waals surface area (Å²) in [5.41, 5.74) is 5.83. The van der Waals surface area contributed by atoms with Gasteiger partial charge in [-0.25, -0.2) is 4.79 Å². The lowest BCUT2D eigenvalue weighted by Gasteiger charge is -2.27. The molecule has 0 bridgehead atoms. The fraction of sp³-hybridized carbons (Fsp3) is 0.818. The van der Waals surface area contributed by atoms with E-state index < -0.39 is 18.1 Å². The molecule has 3 N–H and O–H groups in total. The minimum Gasteiger partial charge on any atom is -0.480 e. The summed E-state index contributed by atoms with van der Waals surface area (Å²) in [6, 6.07) is -1.26. The van der Waals surface area contributed by atoms with Gasteiger partial charge in [0.15, 0.2) is 0 Å². The van der Waals surface area contributed by atoms with E-state index in [9.17, 15) is 9.59 Å². The maximum Gasteiger partial charge on any atom is 0.326 e. The number of carboxylic acids is 1. The van der Waals surface area contributed by atoms with Crippen LogP contribution >= 0.6 is 0 Å². The van der Waals surface area contributed by atoms with Crippen molar-refractivity contribution >= 4 is 11.9 Å². The van der Waals surface area contributed by atoms with Crippen molar-refractivity contribution < 1.29 is 14.7 Å². The first kappa shape index (κ1) is 13.0. The summed E-state index contributed by atoms with van der Waals surface area (Å²) >= 11 is 0. The Morgan fingerprint density at radius 3 is 2.69 bits per heavy atom. The molecule has 0 spiro atoms. The van der Waals surface area contributed by atoms with Crippen LogP contribution in [-0.4, -0.2) is 40.5 Å². The molecule has 0 aromatic carbocycles. The standard InChI is InChI=1S/C11H20N2O3/c1-3-7(2)9(12)10(14)13-6-4-5-8(13)11(15)16/h7-9H,3-6,12H2,1-2H3,(H,15,16)/t7-,8-,9-/m1/s1. The van der Waals surface area contributed by atoms with E-state index in [1.54, 1.807) is 0 Å². The van der Waals surface area contributed by atoms with Gasteiger partial charge in [-0.3, -0.25) is 4.79 Å². The molecule has 0 aromatic rings. The molecule has 1 aliphatic rings.